The van der Waals surface area contributed by atoms with Gasteiger partial charge in [0.2, 0.25) is 5.95 Å². The van der Waals surface area contributed by atoms with Gasteiger partial charge in [-0.1, -0.05) is 0 Å². The number of hydrogen-bond acceptors (Lipinski definition) is 7. The summed E-state index contributed by atoms with van der Waals surface area (Å²) in [5, 5.41) is 14.0. The van der Waals surface area contributed by atoms with E-state index in [2.05, 4.69) is 30.6 Å². The Kier molecular flexibility index (Phi) is 4.65. The largest absolute Gasteiger partial charge is 0.465 e. The first-order valence-corrected chi connectivity index (χ1v) is 6.50. The Morgan fingerprint density at radius 1 is 1.24 bits per heavy atom. The van der Waals surface area contributed by atoms with Crippen molar-refractivity contribution in [3.05, 3.63) is 36.0 Å². The molecule has 7 nitrogen and oxygen atoms in total. The lowest BCUT2D eigenvalue weighted by Crippen LogP contribution is -2.12. The molecule has 2 rings (SSSR count). The summed E-state index contributed by atoms with van der Waals surface area (Å²) in [6.07, 6.45) is 1.56. The molecule has 1 aromatic heterocycles. The quantitative estimate of drug-likeness (QED) is 0.815. The lowest BCUT2D eigenvalue weighted by Gasteiger charge is -2.09. The van der Waals surface area contributed by atoms with Gasteiger partial charge in [0, 0.05) is 11.7 Å². The highest BCUT2D eigenvalue weighted by Crippen LogP contribution is 2.15. The average Bonchev–Trinajstić information content (AvgIpc) is 2.47. The van der Waals surface area contributed by atoms with Crippen LogP contribution in [0.4, 0.5) is 17.5 Å². The first kappa shape index (κ1) is 14.7. The molecule has 0 aliphatic rings. The number of nitrogens with zero attached hydrogens (tertiary/aromatic N) is 3. The van der Waals surface area contributed by atoms with Crippen LogP contribution in [0.3, 0.4) is 0 Å². The Morgan fingerprint density at radius 2 is 1.95 bits per heavy atom. The lowest BCUT2D eigenvalue weighted by molar-refractivity contribution is 0.0601. The number of esters is 1. The fraction of sp³-hybridized carbons (Fsp3) is 0.286. The number of rotatable bonds is 5. The Bertz CT molecular complexity index is 613. The number of anilines is 3. The molecule has 0 saturated heterocycles. The van der Waals surface area contributed by atoms with Crippen molar-refractivity contribution < 1.29 is 9.53 Å². The van der Waals surface area contributed by atoms with Crippen molar-refractivity contribution in [3.8, 4) is 0 Å². The molecule has 0 spiro atoms. The molecule has 0 unspecified atom stereocenters. The van der Waals surface area contributed by atoms with Gasteiger partial charge in [-0.2, -0.15) is 10.1 Å². The third kappa shape index (κ3) is 4.13. The highest BCUT2D eigenvalue weighted by atomic mass is 16.5. The van der Waals surface area contributed by atoms with E-state index >= 15 is 0 Å². The summed E-state index contributed by atoms with van der Waals surface area (Å²) in [5.74, 6) is 0.655. The SMILES string of the molecule is COC(=O)c1ccc(Nc2nncc(NC(C)C)n2)cc1. The summed E-state index contributed by atoms with van der Waals surface area (Å²) in [7, 11) is 1.35. The Morgan fingerprint density at radius 3 is 2.57 bits per heavy atom. The van der Waals surface area contributed by atoms with Crippen LogP contribution in [0.1, 0.15) is 24.2 Å². The topological polar surface area (TPSA) is 89.0 Å². The van der Waals surface area contributed by atoms with E-state index in [0.717, 1.165) is 5.69 Å². The van der Waals surface area contributed by atoms with Gasteiger partial charge in [0.05, 0.1) is 18.9 Å². The highest BCUT2D eigenvalue weighted by Gasteiger charge is 2.06. The number of carbonyl (C=O) groups is 1. The van der Waals surface area contributed by atoms with Crippen molar-refractivity contribution in [1.82, 2.24) is 15.2 Å². The molecule has 2 aromatic rings. The second-order valence-corrected chi connectivity index (χ2v) is 4.66. The number of ether oxygens (including phenoxy) is 1. The monoisotopic (exact) mass is 287 g/mol. The van der Waals surface area contributed by atoms with Crippen LogP contribution in [0.15, 0.2) is 30.5 Å². The number of hydrogen-bond donors (Lipinski definition) is 2. The van der Waals surface area contributed by atoms with Crippen LogP contribution in [0, 0.1) is 0 Å². The normalized spacial score (nSPS) is 10.3. The van der Waals surface area contributed by atoms with Crippen LogP contribution in [-0.2, 0) is 4.74 Å². The molecule has 1 aromatic carbocycles. The second kappa shape index (κ2) is 6.65. The van der Waals surface area contributed by atoms with Gasteiger partial charge in [-0.05, 0) is 38.1 Å². The van der Waals surface area contributed by atoms with E-state index < -0.39 is 0 Å². The summed E-state index contributed by atoms with van der Waals surface area (Å²) in [6.45, 7) is 4.03. The predicted octanol–water partition coefficient (Wildman–Crippen LogP) is 2.22. The molecular weight excluding hydrogens is 270 g/mol. The maximum atomic E-state index is 11.3. The highest BCUT2D eigenvalue weighted by molar-refractivity contribution is 5.89. The molecule has 2 N–H and O–H groups in total. The number of benzene rings is 1. The van der Waals surface area contributed by atoms with E-state index in [1.54, 1.807) is 30.5 Å². The molecule has 7 heteroatoms. The molecule has 0 bridgehead atoms. The summed E-state index contributed by atoms with van der Waals surface area (Å²) in [6, 6.07) is 7.08. The zero-order valence-corrected chi connectivity index (χ0v) is 12.1. The molecule has 21 heavy (non-hydrogen) atoms. The third-order valence-corrected chi connectivity index (χ3v) is 2.56. The third-order valence-electron chi connectivity index (χ3n) is 2.56. The molecule has 0 radical (unpaired) electrons. The molecule has 0 fully saturated rings. The maximum absolute atomic E-state index is 11.3. The predicted molar refractivity (Wildman–Crippen MR) is 79.6 cm³/mol. The maximum Gasteiger partial charge on any atom is 0.337 e. The molecule has 0 amide bonds. The first-order chi connectivity index (χ1) is 10.1. The van der Waals surface area contributed by atoms with Gasteiger partial charge < -0.3 is 15.4 Å². The number of aromatic nitrogens is 3. The summed E-state index contributed by atoms with van der Waals surface area (Å²) < 4.78 is 4.64. The van der Waals surface area contributed by atoms with Crippen LogP contribution in [0.2, 0.25) is 0 Å². The Balaban J connectivity index is 2.09. The molecule has 0 saturated carbocycles. The number of carbonyl (C=O) groups excluding carboxylic acids is 1. The average molecular weight is 287 g/mol. The van der Waals surface area contributed by atoms with Crippen molar-refractivity contribution in [2.24, 2.45) is 0 Å². The van der Waals surface area contributed by atoms with Crippen molar-refractivity contribution in [1.29, 1.82) is 0 Å². The van der Waals surface area contributed by atoms with Gasteiger partial charge in [0.1, 0.15) is 0 Å². The molecule has 0 aliphatic heterocycles. The van der Waals surface area contributed by atoms with Gasteiger partial charge in [0.15, 0.2) is 5.82 Å². The minimum atomic E-state index is -0.373. The molecule has 110 valence electrons. The fourth-order valence-corrected chi connectivity index (χ4v) is 1.66. The molecular formula is C14H17N5O2. The van der Waals surface area contributed by atoms with E-state index in [4.69, 9.17) is 0 Å². The smallest absolute Gasteiger partial charge is 0.337 e. The van der Waals surface area contributed by atoms with Gasteiger partial charge in [-0.3, -0.25) is 0 Å². The van der Waals surface area contributed by atoms with Gasteiger partial charge in [-0.15, -0.1) is 5.10 Å². The zero-order chi connectivity index (χ0) is 15.2. The van der Waals surface area contributed by atoms with Crippen molar-refractivity contribution in [2.75, 3.05) is 17.7 Å². The van der Waals surface area contributed by atoms with E-state index in [0.29, 0.717) is 17.3 Å². The van der Waals surface area contributed by atoms with Crippen LogP contribution in [0.5, 0.6) is 0 Å². The van der Waals surface area contributed by atoms with Crippen LogP contribution < -0.4 is 10.6 Å². The Labute approximate surface area is 122 Å². The van der Waals surface area contributed by atoms with E-state index in [1.165, 1.54) is 7.11 Å². The fourth-order valence-electron chi connectivity index (χ4n) is 1.66. The standard InChI is InChI=1S/C14H17N5O2/c1-9(2)16-12-8-15-19-14(18-12)17-11-6-4-10(5-7-11)13(20)21-3/h4-9H,1-3H3,(H2,16,17,18,19). The lowest BCUT2D eigenvalue weighted by atomic mass is 10.2. The summed E-state index contributed by atoms with van der Waals surface area (Å²) in [5.41, 5.74) is 1.24. The van der Waals surface area contributed by atoms with Gasteiger partial charge >= 0.3 is 5.97 Å². The van der Waals surface area contributed by atoms with Crippen LogP contribution in [-0.4, -0.2) is 34.3 Å². The zero-order valence-electron chi connectivity index (χ0n) is 12.1. The molecule has 0 aliphatic carbocycles. The van der Waals surface area contributed by atoms with Gasteiger partial charge in [-0.25, -0.2) is 4.79 Å². The van der Waals surface area contributed by atoms with E-state index in [-0.39, 0.29) is 12.0 Å². The van der Waals surface area contributed by atoms with Gasteiger partial charge in [0.25, 0.3) is 0 Å². The minimum absolute atomic E-state index is 0.258. The van der Waals surface area contributed by atoms with Crippen LogP contribution >= 0.6 is 0 Å². The number of methoxy groups -OCH3 is 1. The summed E-state index contributed by atoms with van der Waals surface area (Å²) >= 11 is 0. The minimum Gasteiger partial charge on any atom is -0.465 e. The second-order valence-electron chi connectivity index (χ2n) is 4.66. The molecule has 0 atom stereocenters. The summed E-state index contributed by atoms with van der Waals surface area (Å²) in [4.78, 5) is 15.6. The number of nitrogens with one attached hydrogen (secondary N) is 2. The molecule has 1 heterocycles. The van der Waals surface area contributed by atoms with E-state index in [1.807, 2.05) is 13.8 Å². The van der Waals surface area contributed by atoms with Crippen molar-refractivity contribution in [2.45, 2.75) is 19.9 Å². The van der Waals surface area contributed by atoms with Crippen molar-refractivity contribution >= 4 is 23.4 Å². The van der Waals surface area contributed by atoms with Crippen molar-refractivity contribution in [3.63, 3.8) is 0 Å². The Hall–Kier alpha value is -2.70. The van der Waals surface area contributed by atoms with E-state index in [9.17, 15) is 4.79 Å². The van der Waals surface area contributed by atoms with Crippen LogP contribution in [0.25, 0.3) is 0 Å². The first-order valence-electron chi connectivity index (χ1n) is 6.50.